The first kappa shape index (κ1) is 14.9. The molecule has 0 spiro atoms. The first-order chi connectivity index (χ1) is 7.97. The summed E-state index contributed by atoms with van der Waals surface area (Å²) in [7, 11) is 0. The Labute approximate surface area is 105 Å². The monoisotopic (exact) mass is 245 g/mol. The van der Waals surface area contributed by atoms with E-state index in [1.54, 1.807) is 0 Å². The van der Waals surface area contributed by atoms with E-state index in [0.717, 1.165) is 26.2 Å². The van der Waals surface area contributed by atoms with E-state index in [1.165, 1.54) is 6.42 Å². The van der Waals surface area contributed by atoms with Crippen LogP contribution in [0.2, 0.25) is 0 Å². The molecule has 0 saturated carbocycles. The molecule has 0 aromatic carbocycles. The summed E-state index contributed by atoms with van der Waals surface area (Å²) in [4.78, 5) is 0. The van der Waals surface area contributed by atoms with Gasteiger partial charge in [0.15, 0.2) is 0 Å². The summed E-state index contributed by atoms with van der Waals surface area (Å²) in [6.07, 6.45) is 1.89. The molecule has 0 aromatic rings. The van der Waals surface area contributed by atoms with Gasteiger partial charge in [-0.15, -0.1) is 0 Å². The number of ether oxygens (including phenoxy) is 2. The van der Waals surface area contributed by atoms with Gasteiger partial charge in [0.1, 0.15) is 0 Å². The number of hydrogen-bond acceptors (Lipinski definition) is 4. The molecule has 0 aromatic heterocycles. The first-order valence-corrected chi connectivity index (χ1v) is 6.58. The molecule has 1 heterocycles. The number of aliphatic hydroxyl groups is 1. The fourth-order valence-corrected chi connectivity index (χ4v) is 1.79. The Balaban J connectivity index is 1.94. The van der Waals surface area contributed by atoms with E-state index in [1.807, 2.05) is 20.8 Å². The summed E-state index contributed by atoms with van der Waals surface area (Å²) >= 11 is 0. The highest BCUT2D eigenvalue weighted by Crippen LogP contribution is 2.15. The maximum atomic E-state index is 9.69. The molecule has 1 aliphatic heterocycles. The number of aliphatic hydroxyl groups excluding tert-OH is 1. The van der Waals surface area contributed by atoms with Crippen molar-refractivity contribution in [2.75, 3.05) is 32.9 Å². The molecule has 1 aliphatic rings. The molecule has 17 heavy (non-hydrogen) atoms. The molecular weight excluding hydrogens is 218 g/mol. The predicted octanol–water partition coefficient (Wildman–Crippen LogP) is 1.18. The van der Waals surface area contributed by atoms with Crippen LogP contribution in [0.3, 0.4) is 0 Å². The van der Waals surface area contributed by atoms with Crippen molar-refractivity contribution in [3.63, 3.8) is 0 Å². The van der Waals surface area contributed by atoms with Crippen LogP contribution in [-0.2, 0) is 9.47 Å². The van der Waals surface area contributed by atoms with Gasteiger partial charge in [0.2, 0.25) is 0 Å². The molecule has 4 heteroatoms. The van der Waals surface area contributed by atoms with Crippen LogP contribution in [-0.4, -0.2) is 49.7 Å². The lowest BCUT2D eigenvalue weighted by atomic mass is 10.1. The maximum absolute atomic E-state index is 9.69. The molecule has 0 aliphatic carbocycles. The summed E-state index contributed by atoms with van der Waals surface area (Å²) in [6.45, 7) is 9.73. The van der Waals surface area contributed by atoms with Crippen molar-refractivity contribution < 1.29 is 14.6 Å². The minimum atomic E-state index is -0.422. The van der Waals surface area contributed by atoms with Crippen molar-refractivity contribution in [1.82, 2.24) is 5.32 Å². The molecule has 1 saturated heterocycles. The van der Waals surface area contributed by atoms with Gasteiger partial charge in [-0.2, -0.15) is 0 Å². The van der Waals surface area contributed by atoms with E-state index in [9.17, 15) is 5.11 Å². The molecule has 0 radical (unpaired) electrons. The molecule has 102 valence electrons. The summed E-state index contributed by atoms with van der Waals surface area (Å²) in [5.41, 5.74) is -0.178. The maximum Gasteiger partial charge on any atom is 0.0897 e. The SMILES string of the molecule is CC(C)(C)OCC(O)CNCCC1CCOC1. The van der Waals surface area contributed by atoms with Crippen molar-refractivity contribution in [1.29, 1.82) is 0 Å². The molecule has 1 rings (SSSR count). The van der Waals surface area contributed by atoms with Gasteiger partial charge in [0.25, 0.3) is 0 Å². The molecule has 0 amide bonds. The van der Waals surface area contributed by atoms with Crippen LogP contribution < -0.4 is 5.32 Å². The van der Waals surface area contributed by atoms with Crippen molar-refractivity contribution in [2.45, 2.75) is 45.3 Å². The third kappa shape index (κ3) is 7.71. The Morgan fingerprint density at radius 1 is 1.47 bits per heavy atom. The smallest absolute Gasteiger partial charge is 0.0897 e. The normalized spacial score (nSPS) is 22.9. The largest absolute Gasteiger partial charge is 0.389 e. The van der Waals surface area contributed by atoms with E-state index in [0.29, 0.717) is 19.1 Å². The summed E-state index contributed by atoms with van der Waals surface area (Å²) < 4.78 is 10.8. The van der Waals surface area contributed by atoms with Gasteiger partial charge >= 0.3 is 0 Å². The van der Waals surface area contributed by atoms with Gasteiger partial charge in [0.05, 0.1) is 18.3 Å². The average Bonchev–Trinajstić information content (AvgIpc) is 2.73. The van der Waals surface area contributed by atoms with Crippen molar-refractivity contribution in [3.05, 3.63) is 0 Å². The Hall–Kier alpha value is -0.160. The second-order valence-electron chi connectivity index (χ2n) is 5.80. The lowest BCUT2D eigenvalue weighted by molar-refractivity contribution is -0.0478. The minimum absolute atomic E-state index is 0.178. The second kappa shape index (κ2) is 7.31. The molecule has 4 nitrogen and oxygen atoms in total. The van der Waals surface area contributed by atoms with Gasteiger partial charge < -0.3 is 19.9 Å². The van der Waals surface area contributed by atoms with Crippen molar-refractivity contribution in [2.24, 2.45) is 5.92 Å². The van der Waals surface area contributed by atoms with Crippen molar-refractivity contribution >= 4 is 0 Å². The fourth-order valence-electron chi connectivity index (χ4n) is 1.79. The minimum Gasteiger partial charge on any atom is -0.389 e. The zero-order chi connectivity index (χ0) is 12.7. The molecule has 2 atom stereocenters. The van der Waals surface area contributed by atoms with Gasteiger partial charge in [-0.1, -0.05) is 0 Å². The van der Waals surface area contributed by atoms with Crippen LogP contribution >= 0.6 is 0 Å². The summed E-state index contributed by atoms with van der Waals surface area (Å²) in [6, 6.07) is 0. The zero-order valence-corrected chi connectivity index (χ0v) is 11.4. The topological polar surface area (TPSA) is 50.7 Å². The lowest BCUT2D eigenvalue weighted by Gasteiger charge is -2.22. The highest BCUT2D eigenvalue weighted by Gasteiger charge is 2.16. The van der Waals surface area contributed by atoms with E-state index in [4.69, 9.17) is 9.47 Å². The number of rotatable bonds is 7. The molecule has 2 unspecified atom stereocenters. The quantitative estimate of drug-likeness (QED) is 0.661. The van der Waals surface area contributed by atoms with Crippen LogP contribution in [0.25, 0.3) is 0 Å². The van der Waals surface area contributed by atoms with Gasteiger partial charge in [-0.3, -0.25) is 0 Å². The lowest BCUT2D eigenvalue weighted by Crippen LogP contribution is -2.34. The van der Waals surface area contributed by atoms with E-state index < -0.39 is 6.10 Å². The van der Waals surface area contributed by atoms with Crippen LogP contribution in [0.4, 0.5) is 0 Å². The standard InChI is InChI=1S/C13H27NO3/c1-13(2,3)17-10-12(15)8-14-6-4-11-5-7-16-9-11/h11-12,14-15H,4-10H2,1-3H3. The van der Waals surface area contributed by atoms with Gasteiger partial charge in [0, 0.05) is 19.8 Å². The fraction of sp³-hybridized carbons (Fsp3) is 1.00. The van der Waals surface area contributed by atoms with Crippen LogP contribution in [0.15, 0.2) is 0 Å². The second-order valence-corrected chi connectivity index (χ2v) is 5.80. The van der Waals surface area contributed by atoms with E-state index >= 15 is 0 Å². The third-order valence-electron chi connectivity index (χ3n) is 2.84. The zero-order valence-electron chi connectivity index (χ0n) is 11.4. The summed E-state index contributed by atoms with van der Waals surface area (Å²) in [5, 5.41) is 13.0. The molecule has 2 N–H and O–H groups in total. The van der Waals surface area contributed by atoms with Crippen LogP contribution in [0.1, 0.15) is 33.6 Å². The highest BCUT2D eigenvalue weighted by atomic mass is 16.5. The van der Waals surface area contributed by atoms with Crippen molar-refractivity contribution in [3.8, 4) is 0 Å². The predicted molar refractivity (Wildman–Crippen MR) is 68.1 cm³/mol. The molecule has 0 bridgehead atoms. The van der Waals surface area contributed by atoms with Crippen LogP contribution in [0.5, 0.6) is 0 Å². The Morgan fingerprint density at radius 3 is 2.82 bits per heavy atom. The Kier molecular flexibility index (Phi) is 6.41. The average molecular weight is 245 g/mol. The van der Waals surface area contributed by atoms with E-state index in [-0.39, 0.29) is 5.60 Å². The van der Waals surface area contributed by atoms with Crippen LogP contribution in [0, 0.1) is 5.92 Å². The third-order valence-corrected chi connectivity index (χ3v) is 2.84. The summed E-state index contributed by atoms with van der Waals surface area (Å²) in [5.74, 6) is 0.700. The number of nitrogens with one attached hydrogen (secondary N) is 1. The molecular formula is C13H27NO3. The highest BCUT2D eigenvalue weighted by molar-refractivity contribution is 4.67. The number of hydrogen-bond donors (Lipinski definition) is 2. The van der Waals surface area contributed by atoms with Gasteiger partial charge in [-0.05, 0) is 46.1 Å². The van der Waals surface area contributed by atoms with Gasteiger partial charge in [-0.25, -0.2) is 0 Å². The first-order valence-electron chi connectivity index (χ1n) is 6.58. The Morgan fingerprint density at radius 2 is 2.24 bits per heavy atom. The Bertz CT molecular complexity index is 197. The van der Waals surface area contributed by atoms with E-state index in [2.05, 4.69) is 5.32 Å². The molecule has 1 fully saturated rings.